The Morgan fingerprint density at radius 1 is 1.15 bits per heavy atom. The number of ether oxygens (including phenoxy) is 1. The predicted molar refractivity (Wildman–Crippen MR) is 162 cm³/mol. The summed E-state index contributed by atoms with van der Waals surface area (Å²) in [6.07, 6.45) is -0.235. The largest absolute Gasteiger partial charge is 0.490 e. The number of nitrogens with zero attached hydrogens (tertiary/aromatic N) is 1. The Bertz CT molecular complexity index is 1360. The zero-order valence-corrected chi connectivity index (χ0v) is 27.7. The van der Waals surface area contributed by atoms with Crippen molar-refractivity contribution in [2.24, 2.45) is 0 Å². The SMILES string of the molecule is CC(C)(C)[Si](C)(C)O[C@H](CNC(=O)c1ccc(Br)cc1OCCOS(C)(=O)=O)C1Cc2ccccc2CN1C(=O)O. The molecule has 10 nitrogen and oxygen atoms in total. The molecule has 0 aromatic heterocycles. The summed E-state index contributed by atoms with van der Waals surface area (Å²) in [7, 11) is -6.00. The molecule has 0 radical (unpaired) electrons. The van der Waals surface area contributed by atoms with Crippen molar-refractivity contribution in [3.8, 4) is 5.75 Å². The van der Waals surface area contributed by atoms with Crippen molar-refractivity contribution in [1.29, 1.82) is 0 Å². The molecule has 0 saturated heterocycles. The number of hydrogen-bond acceptors (Lipinski definition) is 7. The molecule has 0 fully saturated rings. The highest BCUT2D eigenvalue weighted by atomic mass is 79.9. The molecule has 41 heavy (non-hydrogen) atoms. The summed E-state index contributed by atoms with van der Waals surface area (Å²) in [6, 6.07) is 12.2. The Balaban J connectivity index is 1.86. The first-order chi connectivity index (χ1) is 19.0. The average Bonchev–Trinajstić information content (AvgIpc) is 2.87. The molecule has 2 atom stereocenters. The quantitative estimate of drug-likeness (QED) is 0.193. The van der Waals surface area contributed by atoms with E-state index in [4.69, 9.17) is 13.3 Å². The van der Waals surface area contributed by atoms with E-state index < -0.39 is 42.6 Å². The van der Waals surface area contributed by atoms with Crippen LogP contribution in [0.2, 0.25) is 18.1 Å². The topological polar surface area (TPSA) is 131 Å². The highest BCUT2D eigenvalue weighted by Gasteiger charge is 2.44. The van der Waals surface area contributed by atoms with Gasteiger partial charge in [0.15, 0.2) is 8.32 Å². The molecular weight excluding hydrogens is 632 g/mol. The maximum Gasteiger partial charge on any atom is 0.407 e. The predicted octanol–water partition coefficient (Wildman–Crippen LogP) is 5.03. The molecule has 2 aromatic rings. The van der Waals surface area contributed by atoms with Gasteiger partial charge in [0.25, 0.3) is 16.0 Å². The first-order valence-corrected chi connectivity index (χ1v) is 18.8. The van der Waals surface area contributed by atoms with Crippen molar-refractivity contribution in [3.63, 3.8) is 0 Å². The fourth-order valence-corrected chi connectivity index (χ4v) is 6.39. The van der Waals surface area contributed by atoms with Crippen LogP contribution < -0.4 is 10.1 Å². The van der Waals surface area contributed by atoms with Gasteiger partial charge in [0.2, 0.25) is 0 Å². The van der Waals surface area contributed by atoms with Gasteiger partial charge >= 0.3 is 6.09 Å². The van der Waals surface area contributed by atoms with Crippen molar-refractivity contribution in [1.82, 2.24) is 10.2 Å². The van der Waals surface area contributed by atoms with Crippen LogP contribution in [-0.4, -0.2) is 76.9 Å². The van der Waals surface area contributed by atoms with Gasteiger partial charge in [-0.25, -0.2) is 4.79 Å². The number of halogens is 1. The first kappa shape index (κ1) is 33.1. The van der Waals surface area contributed by atoms with Crippen molar-refractivity contribution in [2.75, 3.05) is 26.0 Å². The van der Waals surface area contributed by atoms with Crippen molar-refractivity contribution in [2.45, 2.75) is 64.0 Å². The van der Waals surface area contributed by atoms with E-state index in [1.807, 2.05) is 24.3 Å². The first-order valence-electron chi connectivity index (χ1n) is 13.3. The van der Waals surface area contributed by atoms with Crippen molar-refractivity contribution < 1.29 is 36.5 Å². The summed E-state index contributed by atoms with van der Waals surface area (Å²) < 4.78 is 40.4. The summed E-state index contributed by atoms with van der Waals surface area (Å²) in [4.78, 5) is 27.2. The second kappa shape index (κ2) is 13.2. The van der Waals surface area contributed by atoms with Gasteiger partial charge in [-0.3, -0.25) is 13.9 Å². The van der Waals surface area contributed by atoms with Crippen molar-refractivity contribution in [3.05, 3.63) is 63.6 Å². The number of carbonyl (C=O) groups excluding carboxylic acids is 1. The van der Waals surface area contributed by atoms with Gasteiger partial charge in [-0.2, -0.15) is 8.42 Å². The van der Waals surface area contributed by atoms with Gasteiger partial charge < -0.3 is 19.6 Å². The van der Waals surface area contributed by atoms with Crippen LogP contribution in [-0.2, 0) is 31.7 Å². The average molecular weight is 672 g/mol. The van der Waals surface area contributed by atoms with Crippen LogP contribution in [0.1, 0.15) is 42.3 Å². The molecule has 0 spiro atoms. The van der Waals surface area contributed by atoms with Gasteiger partial charge in [0.05, 0.1) is 24.0 Å². The second-order valence-corrected chi connectivity index (χ2v) is 18.9. The fourth-order valence-electron chi connectivity index (χ4n) is 4.33. The standard InChI is InChI=1S/C28H39BrN2O8SSi/c1-28(2,3)41(5,6)39-25(23-15-19-9-7-8-10-20(19)18-31(23)27(33)34)17-30-26(32)22-12-11-21(29)16-24(22)37-13-14-38-40(4,35)36/h7-12,16,23,25H,13-15,17-18H2,1-6H3,(H,30,32)(H,33,34)/t23?,25-/m1/s1. The Hall–Kier alpha value is -2.45. The molecule has 1 aliphatic rings. The number of nitrogens with one attached hydrogen (secondary N) is 1. The molecule has 226 valence electrons. The highest BCUT2D eigenvalue weighted by Crippen LogP contribution is 2.39. The van der Waals surface area contributed by atoms with Crippen LogP contribution in [0, 0.1) is 0 Å². The third-order valence-corrected chi connectivity index (χ3v) is 13.1. The Morgan fingerprint density at radius 3 is 2.41 bits per heavy atom. The lowest BCUT2D eigenvalue weighted by atomic mass is 9.91. The van der Waals surface area contributed by atoms with Crippen LogP contribution >= 0.6 is 15.9 Å². The molecule has 2 N–H and O–H groups in total. The van der Waals surface area contributed by atoms with Crippen LogP contribution in [0.15, 0.2) is 46.9 Å². The number of carboxylic acid groups (broad SMARTS) is 1. The van der Waals surface area contributed by atoms with E-state index in [0.717, 1.165) is 17.4 Å². The summed E-state index contributed by atoms with van der Waals surface area (Å²) in [5.74, 6) is -0.187. The lowest BCUT2D eigenvalue weighted by molar-refractivity contribution is 0.0438. The monoisotopic (exact) mass is 670 g/mol. The third kappa shape index (κ3) is 9.01. The van der Waals surface area contributed by atoms with E-state index in [-0.39, 0.29) is 42.7 Å². The van der Waals surface area contributed by atoms with Crippen LogP contribution in [0.5, 0.6) is 5.75 Å². The minimum atomic E-state index is -3.62. The second-order valence-electron chi connectivity index (χ2n) is 11.6. The van der Waals surface area contributed by atoms with Gasteiger partial charge in [-0.15, -0.1) is 0 Å². The minimum Gasteiger partial charge on any atom is -0.490 e. The van der Waals surface area contributed by atoms with E-state index in [0.29, 0.717) is 10.9 Å². The normalized spacial score (nSPS) is 16.6. The zero-order valence-electron chi connectivity index (χ0n) is 24.3. The van der Waals surface area contributed by atoms with Crippen LogP contribution in [0.4, 0.5) is 4.79 Å². The number of hydrogen-bond donors (Lipinski definition) is 2. The molecule has 1 unspecified atom stereocenters. The Labute approximate surface area is 251 Å². The van der Waals surface area contributed by atoms with E-state index in [1.165, 1.54) is 4.90 Å². The summed E-state index contributed by atoms with van der Waals surface area (Å²) in [6.45, 7) is 10.6. The number of benzene rings is 2. The molecule has 0 bridgehead atoms. The molecule has 13 heteroatoms. The summed E-state index contributed by atoms with van der Waals surface area (Å²) >= 11 is 3.37. The van der Waals surface area contributed by atoms with E-state index >= 15 is 0 Å². The molecule has 3 rings (SSSR count). The maximum absolute atomic E-state index is 13.4. The smallest absolute Gasteiger partial charge is 0.407 e. The van der Waals surface area contributed by atoms with Gasteiger partial charge in [-0.1, -0.05) is 61.0 Å². The Kier molecular flexibility index (Phi) is 10.7. The third-order valence-electron chi connectivity index (χ3n) is 7.51. The fraction of sp³-hybridized carbons (Fsp3) is 0.500. The molecule has 2 aromatic carbocycles. The van der Waals surface area contributed by atoms with E-state index in [9.17, 15) is 23.1 Å². The maximum atomic E-state index is 13.4. The summed E-state index contributed by atoms with van der Waals surface area (Å²) in [5.41, 5.74) is 2.26. The molecule has 1 aliphatic heterocycles. The number of carbonyl (C=O) groups is 2. The molecular formula is C28H39BrN2O8SSi. The van der Waals surface area contributed by atoms with Gasteiger partial charge in [0, 0.05) is 17.6 Å². The van der Waals surface area contributed by atoms with Gasteiger partial charge in [-0.05, 0) is 53.9 Å². The van der Waals surface area contributed by atoms with Crippen LogP contribution in [0.3, 0.4) is 0 Å². The van der Waals surface area contributed by atoms with E-state index in [1.54, 1.807) is 18.2 Å². The number of amides is 2. The number of rotatable bonds is 11. The minimum absolute atomic E-state index is 0.0780. The van der Waals surface area contributed by atoms with Crippen LogP contribution in [0.25, 0.3) is 0 Å². The summed E-state index contributed by atoms with van der Waals surface area (Å²) in [5, 5.41) is 12.9. The lowest BCUT2D eigenvalue weighted by Gasteiger charge is -2.45. The lowest BCUT2D eigenvalue weighted by Crippen LogP contribution is -2.58. The van der Waals surface area contributed by atoms with E-state index in [2.05, 4.69) is 55.1 Å². The molecule has 2 amide bonds. The van der Waals surface area contributed by atoms with Gasteiger partial charge in [0.1, 0.15) is 19.0 Å². The molecule has 0 saturated carbocycles. The molecule has 1 heterocycles. The zero-order chi connectivity index (χ0) is 30.6. The Morgan fingerprint density at radius 2 is 1.80 bits per heavy atom. The van der Waals surface area contributed by atoms with Crippen molar-refractivity contribution >= 4 is 46.4 Å². The molecule has 0 aliphatic carbocycles. The highest BCUT2D eigenvalue weighted by molar-refractivity contribution is 9.10. The number of fused-ring (bicyclic) bond motifs is 1.